The van der Waals surface area contributed by atoms with Gasteiger partial charge in [0.15, 0.2) is 11.5 Å². The lowest BCUT2D eigenvalue weighted by atomic mass is 10.1. The molecule has 154 valence electrons. The summed E-state index contributed by atoms with van der Waals surface area (Å²) in [4.78, 5) is 14.4. The zero-order chi connectivity index (χ0) is 20.6. The molecule has 0 aromatic heterocycles. The first kappa shape index (κ1) is 20.3. The minimum atomic E-state index is -3.73. The van der Waals surface area contributed by atoms with Crippen LogP contribution in [0.4, 0.5) is 0 Å². The summed E-state index contributed by atoms with van der Waals surface area (Å²) in [5.74, 6) is 1.24. The number of piperazine rings is 1. The van der Waals surface area contributed by atoms with Gasteiger partial charge < -0.3 is 14.4 Å². The molecule has 1 saturated heterocycles. The Morgan fingerprint density at radius 3 is 2.28 bits per heavy atom. The molecule has 2 aromatic rings. The summed E-state index contributed by atoms with van der Waals surface area (Å²) in [5.41, 5.74) is 0.822. The van der Waals surface area contributed by atoms with Crippen LogP contribution in [0.15, 0.2) is 41.3 Å². The van der Waals surface area contributed by atoms with Gasteiger partial charge in [-0.1, -0.05) is 29.3 Å². The Bertz CT molecular complexity index is 1030. The van der Waals surface area contributed by atoms with Gasteiger partial charge in [-0.3, -0.25) is 4.79 Å². The van der Waals surface area contributed by atoms with Crippen molar-refractivity contribution in [2.45, 2.75) is 11.3 Å². The summed E-state index contributed by atoms with van der Waals surface area (Å²) in [6.45, 7) is 1.23. The van der Waals surface area contributed by atoms with Gasteiger partial charge in [0.2, 0.25) is 22.7 Å². The first-order valence-electron chi connectivity index (χ1n) is 8.95. The predicted molar refractivity (Wildman–Crippen MR) is 108 cm³/mol. The quantitative estimate of drug-likeness (QED) is 0.706. The Labute approximate surface area is 178 Å². The average Bonchev–Trinajstić information content (AvgIpc) is 3.15. The van der Waals surface area contributed by atoms with E-state index in [1.165, 1.54) is 22.5 Å². The molecule has 10 heteroatoms. The Morgan fingerprint density at radius 1 is 0.931 bits per heavy atom. The predicted octanol–water partition coefficient (Wildman–Crippen LogP) is 2.80. The van der Waals surface area contributed by atoms with Gasteiger partial charge in [0.1, 0.15) is 0 Å². The highest BCUT2D eigenvalue weighted by Gasteiger charge is 2.30. The van der Waals surface area contributed by atoms with Crippen LogP contribution in [-0.4, -0.2) is 56.5 Å². The molecule has 2 aliphatic rings. The van der Waals surface area contributed by atoms with Gasteiger partial charge in [-0.2, -0.15) is 4.31 Å². The zero-order valence-corrected chi connectivity index (χ0v) is 17.6. The monoisotopic (exact) mass is 456 g/mol. The van der Waals surface area contributed by atoms with Crippen LogP contribution in [0.2, 0.25) is 10.0 Å². The van der Waals surface area contributed by atoms with E-state index < -0.39 is 10.0 Å². The third-order valence-corrected chi connectivity index (χ3v) is 7.17. The molecule has 4 rings (SSSR count). The first-order valence-corrected chi connectivity index (χ1v) is 11.1. The maximum atomic E-state index is 12.8. The van der Waals surface area contributed by atoms with Gasteiger partial charge in [-0.15, -0.1) is 0 Å². The van der Waals surface area contributed by atoms with Gasteiger partial charge in [-0.25, -0.2) is 8.42 Å². The van der Waals surface area contributed by atoms with E-state index in [-0.39, 0.29) is 47.2 Å². The number of fused-ring (bicyclic) bond motifs is 1. The summed E-state index contributed by atoms with van der Waals surface area (Å²) in [7, 11) is -3.73. The van der Waals surface area contributed by atoms with E-state index in [1.807, 2.05) is 6.07 Å². The Hall–Kier alpha value is -2.00. The average molecular weight is 457 g/mol. The zero-order valence-electron chi connectivity index (χ0n) is 15.3. The smallest absolute Gasteiger partial charge is 0.243 e. The molecule has 2 aliphatic heterocycles. The molecule has 0 unspecified atom stereocenters. The lowest BCUT2D eigenvalue weighted by Gasteiger charge is -2.34. The minimum absolute atomic E-state index is 0.0511. The molecule has 0 spiro atoms. The summed E-state index contributed by atoms with van der Waals surface area (Å²) in [5, 5.41) is 0.516. The summed E-state index contributed by atoms with van der Waals surface area (Å²) in [6.07, 6.45) is 0.216. The highest BCUT2D eigenvalue weighted by atomic mass is 35.5. The number of sulfonamides is 1. The van der Waals surface area contributed by atoms with E-state index in [9.17, 15) is 13.2 Å². The van der Waals surface area contributed by atoms with E-state index in [1.54, 1.807) is 17.0 Å². The molecule has 1 fully saturated rings. The largest absolute Gasteiger partial charge is 0.454 e. The Kier molecular flexibility index (Phi) is 5.61. The lowest BCUT2D eigenvalue weighted by Crippen LogP contribution is -2.50. The van der Waals surface area contributed by atoms with Crippen LogP contribution in [0.1, 0.15) is 5.56 Å². The van der Waals surface area contributed by atoms with Gasteiger partial charge >= 0.3 is 0 Å². The van der Waals surface area contributed by atoms with Crippen molar-refractivity contribution in [1.82, 2.24) is 9.21 Å². The fourth-order valence-electron chi connectivity index (χ4n) is 3.34. The molecule has 0 aliphatic carbocycles. The van der Waals surface area contributed by atoms with E-state index in [4.69, 9.17) is 32.7 Å². The van der Waals surface area contributed by atoms with Crippen LogP contribution in [0, 0.1) is 0 Å². The maximum absolute atomic E-state index is 12.8. The fourth-order valence-corrected chi connectivity index (χ4v) is 5.49. The van der Waals surface area contributed by atoms with Crippen LogP contribution in [-0.2, 0) is 21.2 Å². The van der Waals surface area contributed by atoms with Crippen molar-refractivity contribution in [3.05, 3.63) is 52.0 Å². The number of hydrogen-bond acceptors (Lipinski definition) is 5. The number of hydrogen-bond donors (Lipinski definition) is 0. The molecule has 0 bridgehead atoms. The second kappa shape index (κ2) is 8.02. The number of carbonyl (C=O) groups is 1. The second-order valence-electron chi connectivity index (χ2n) is 6.75. The van der Waals surface area contributed by atoms with Crippen LogP contribution >= 0.6 is 23.2 Å². The maximum Gasteiger partial charge on any atom is 0.243 e. The van der Waals surface area contributed by atoms with Crippen LogP contribution in [0.5, 0.6) is 11.5 Å². The normalized spacial score (nSPS) is 16.8. The molecule has 29 heavy (non-hydrogen) atoms. The SMILES string of the molecule is O=C(Cc1ccc2c(c1)OCO2)N1CCN(S(=O)(=O)c2cc(Cl)cc(Cl)c2)CC1. The highest BCUT2D eigenvalue weighted by Crippen LogP contribution is 2.32. The van der Waals surface area contributed by atoms with Crippen molar-refractivity contribution >= 4 is 39.1 Å². The van der Waals surface area contributed by atoms with Crippen molar-refractivity contribution in [3.8, 4) is 11.5 Å². The van der Waals surface area contributed by atoms with Gasteiger partial charge in [0.05, 0.1) is 11.3 Å². The van der Waals surface area contributed by atoms with E-state index in [0.717, 1.165) is 5.56 Å². The first-order chi connectivity index (χ1) is 13.8. The minimum Gasteiger partial charge on any atom is -0.454 e. The van der Waals surface area contributed by atoms with Crippen molar-refractivity contribution in [2.75, 3.05) is 33.0 Å². The fraction of sp³-hybridized carbons (Fsp3) is 0.316. The Balaban J connectivity index is 1.39. The third kappa shape index (κ3) is 4.30. The number of benzene rings is 2. The molecule has 1 amide bonds. The molecule has 2 heterocycles. The number of nitrogens with zero attached hydrogens (tertiary/aromatic N) is 2. The summed E-state index contributed by atoms with van der Waals surface area (Å²) < 4.78 is 37.7. The van der Waals surface area contributed by atoms with E-state index in [2.05, 4.69) is 0 Å². The summed E-state index contributed by atoms with van der Waals surface area (Å²) >= 11 is 11.9. The highest BCUT2D eigenvalue weighted by molar-refractivity contribution is 7.89. The number of carbonyl (C=O) groups excluding carboxylic acids is 1. The second-order valence-corrected chi connectivity index (χ2v) is 9.57. The molecule has 2 aromatic carbocycles. The van der Waals surface area contributed by atoms with Crippen molar-refractivity contribution in [3.63, 3.8) is 0 Å². The molecular weight excluding hydrogens is 439 g/mol. The molecule has 0 atom stereocenters. The van der Waals surface area contributed by atoms with Crippen molar-refractivity contribution in [2.24, 2.45) is 0 Å². The molecular formula is C19H18Cl2N2O5S. The standard InChI is InChI=1S/C19H18Cl2N2O5S/c20-14-9-15(21)11-16(10-14)29(25,26)23-5-3-22(4-6-23)19(24)8-13-1-2-17-18(7-13)28-12-27-17/h1-2,7,9-11H,3-6,8,12H2. The number of halogens is 2. The molecule has 0 radical (unpaired) electrons. The summed E-state index contributed by atoms with van der Waals surface area (Å²) in [6, 6.07) is 9.64. The van der Waals surface area contributed by atoms with Crippen molar-refractivity contribution < 1.29 is 22.7 Å². The van der Waals surface area contributed by atoms with E-state index >= 15 is 0 Å². The lowest BCUT2D eigenvalue weighted by molar-refractivity contribution is -0.131. The number of amides is 1. The van der Waals surface area contributed by atoms with Crippen LogP contribution < -0.4 is 9.47 Å². The Morgan fingerprint density at radius 2 is 1.59 bits per heavy atom. The molecule has 7 nitrogen and oxygen atoms in total. The molecule has 0 saturated carbocycles. The van der Waals surface area contributed by atoms with Crippen LogP contribution in [0.3, 0.4) is 0 Å². The molecule has 0 N–H and O–H groups in total. The third-order valence-electron chi connectivity index (χ3n) is 4.86. The number of ether oxygens (including phenoxy) is 2. The van der Waals surface area contributed by atoms with E-state index in [0.29, 0.717) is 24.6 Å². The van der Waals surface area contributed by atoms with Gasteiger partial charge in [0.25, 0.3) is 0 Å². The topological polar surface area (TPSA) is 76.2 Å². The van der Waals surface area contributed by atoms with Gasteiger partial charge in [0, 0.05) is 36.2 Å². The number of rotatable bonds is 4. The van der Waals surface area contributed by atoms with Gasteiger partial charge in [-0.05, 0) is 35.9 Å². The van der Waals surface area contributed by atoms with Crippen LogP contribution in [0.25, 0.3) is 0 Å². The van der Waals surface area contributed by atoms with Crippen molar-refractivity contribution in [1.29, 1.82) is 0 Å².